The molecule has 3 heteroatoms. The van der Waals surface area contributed by atoms with Crippen molar-refractivity contribution in [3.05, 3.63) is 0 Å². The fourth-order valence-corrected chi connectivity index (χ4v) is 1.96. The van der Waals surface area contributed by atoms with Crippen molar-refractivity contribution < 1.29 is 4.79 Å². The van der Waals surface area contributed by atoms with E-state index in [2.05, 4.69) is 12.2 Å². The van der Waals surface area contributed by atoms with Crippen molar-refractivity contribution in [1.82, 2.24) is 10.2 Å². The van der Waals surface area contributed by atoms with Crippen molar-refractivity contribution in [3.8, 4) is 0 Å². The van der Waals surface area contributed by atoms with Crippen LogP contribution in [-0.2, 0) is 4.79 Å². The molecule has 0 bridgehead atoms. The molecule has 0 saturated carbocycles. The highest BCUT2D eigenvalue weighted by molar-refractivity contribution is 5.79. The summed E-state index contributed by atoms with van der Waals surface area (Å²) in [6.07, 6.45) is 0.718. The summed E-state index contributed by atoms with van der Waals surface area (Å²) in [5.74, 6) is 0.813. The van der Waals surface area contributed by atoms with Gasteiger partial charge in [-0.05, 0) is 20.9 Å². The fourth-order valence-electron chi connectivity index (χ4n) is 1.96. The third-order valence-corrected chi connectivity index (χ3v) is 2.74. The molecule has 1 N–H and O–H groups in total. The second kappa shape index (κ2) is 3.90. The number of hydrogen-bond donors (Lipinski definition) is 1. The molecular weight excluding hydrogens is 152 g/mol. The smallest absolute Gasteiger partial charge is 0.223 e. The van der Waals surface area contributed by atoms with Gasteiger partial charge in [0.1, 0.15) is 0 Å². The Morgan fingerprint density at radius 2 is 2.33 bits per heavy atom. The van der Waals surface area contributed by atoms with E-state index in [1.165, 1.54) is 0 Å². The zero-order chi connectivity index (χ0) is 9.14. The van der Waals surface area contributed by atoms with Crippen molar-refractivity contribution in [2.45, 2.75) is 26.3 Å². The van der Waals surface area contributed by atoms with Crippen molar-refractivity contribution in [2.75, 3.05) is 20.1 Å². The number of carbonyl (C=O) groups is 1. The number of nitrogens with one attached hydrogen (secondary N) is 1. The molecule has 0 spiro atoms. The third kappa shape index (κ3) is 1.61. The van der Waals surface area contributed by atoms with Gasteiger partial charge in [0.25, 0.3) is 0 Å². The van der Waals surface area contributed by atoms with Gasteiger partial charge in [-0.2, -0.15) is 0 Å². The molecule has 0 aromatic carbocycles. The fraction of sp³-hybridized carbons (Fsp3) is 0.889. The van der Waals surface area contributed by atoms with Gasteiger partial charge in [-0.3, -0.25) is 4.79 Å². The van der Waals surface area contributed by atoms with Crippen LogP contribution in [-0.4, -0.2) is 37.0 Å². The van der Waals surface area contributed by atoms with Crippen LogP contribution >= 0.6 is 0 Å². The van der Waals surface area contributed by atoms with Gasteiger partial charge in [0.05, 0.1) is 0 Å². The number of hydrogen-bond acceptors (Lipinski definition) is 2. The lowest BCUT2D eigenvalue weighted by molar-refractivity contribution is -0.128. The van der Waals surface area contributed by atoms with Crippen LogP contribution in [0.3, 0.4) is 0 Å². The van der Waals surface area contributed by atoms with E-state index in [0.29, 0.717) is 17.9 Å². The van der Waals surface area contributed by atoms with Crippen molar-refractivity contribution >= 4 is 5.91 Å². The standard InChI is InChI=1S/C9H18N2O/c1-4-11-7(2)8(6-10-3)5-9(11)12/h7-8,10H,4-6H2,1-3H3. The molecule has 0 aliphatic carbocycles. The van der Waals surface area contributed by atoms with Gasteiger partial charge in [0.15, 0.2) is 0 Å². The monoisotopic (exact) mass is 170 g/mol. The Labute approximate surface area is 74.1 Å². The molecule has 0 aromatic rings. The molecular formula is C9H18N2O. The maximum absolute atomic E-state index is 11.4. The minimum atomic E-state index is 0.310. The Balaban J connectivity index is 2.55. The molecule has 1 saturated heterocycles. The van der Waals surface area contributed by atoms with Gasteiger partial charge in [-0.15, -0.1) is 0 Å². The predicted octanol–water partition coefficient (Wildman–Crippen LogP) is 0.463. The predicted molar refractivity (Wildman–Crippen MR) is 48.9 cm³/mol. The Bertz CT molecular complexity index is 170. The van der Waals surface area contributed by atoms with E-state index in [9.17, 15) is 4.79 Å². The van der Waals surface area contributed by atoms with Crippen LogP contribution in [0.1, 0.15) is 20.3 Å². The minimum absolute atomic E-state index is 0.310. The van der Waals surface area contributed by atoms with Crippen LogP contribution in [0.2, 0.25) is 0 Å². The van der Waals surface area contributed by atoms with E-state index in [-0.39, 0.29) is 0 Å². The summed E-state index contributed by atoms with van der Waals surface area (Å²) in [5, 5.41) is 3.13. The third-order valence-electron chi connectivity index (χ3n) is 2.74. The molecule has 3 nitrogen and oxygen atoms in total. The van der Waals surface area contributed by atoms with Crippen molar-refractivity contribution in [2.24, 2.45) is 5.92 Å². The summed E-state index contributed by atoms with van der Waals surface area (Å²) < 4.78 is 0. The topological polar surface area (TPSA) is 32.3 Å². The SMILES string of the molecule is CCN1C(=O)CC(CNC)C1C. The van der Waals surface area contributed by atoms with E-state index in [4.69, 9.17) is 0 Å². The second-order valence-corrected chi connectivity index (χ2v) is 3.44. The average Bonchev–Trinajstić information content (AvgIpc) is 2.29. The highest BCUT2D eigenvalue weighted by atomic mass is 16.2. The minimum Gasteiger partial charge on any atom is -0.340 e. The Morgan fingerprint density at radius 1 is 1.67 bits per heavy atom. The molecule has 1 aliphatic rings. The molecule has 1 amide bonds. The van der Waals surface area contributed by atoms with Crippen LogP contribution in [0.5, 0.6) is 0 Å². The number of likely N-dealkylation sites (tertiary alicyclic amines) is 1. The summed E-state index contributed by atoms with van der Waals surface area (Å²) in [5.41, 5.74) is 0. The normalized spacial score (nSPS) is 29.9. The first-order chi connectivity index (χ1) is 5.70. The number of amides is 1. The average molecular weight is 170 g/mol. The molecule has 1 fully saturated rings. The van der Waals surface area contributed by atoms with Crippen LogP contribution < -0.4 is 5.32 Å². The quantitative estimate of drug-likeness (QED) is 0.667. The number of rotatable bonds is 3. The van der Waals surface area contributed by atoms with Crippen LogP contribution in [0.4, 0.5) is 0 Å². The highest BCUT2D eigenvalue weighted by Crippen LogP contribution is 2.23. The maximum atomic E-state index is 11.4. The summed E-state index contributed by atoms with van der Waals surface area (Å²) in [6, 6.07) is 0.412. The van der Waals surface area contributed by atoms with Gasteiger partial charge in [-0.25, -0.2) is 0 Å². The maximum Gasteiger partial charge on any atom is 0.223 e. The first-order valence-corrected chi connectivity index (χ1v) is 4.64. The Hall–Kier alpha value is -0.570. The Morgan fingerprint density at radius 3 is 2.75 bits per heavy atom. The number of nitrogens with zero attached hydrogens (tertiary/aromatic N) is 1. The molecule has 70 valence electrons. The van der Waals surface area contributed by atoms with E-state index in [1.54, 1.807) is 0 Å². The highest BCUT2D eigenvalue weighted by Gasteiger charge is 2.34. The second-order valence-electron chi connectivity index (χ2n) is 3.44. The summed E-state index contributed by atoms with van der Waals surface area (Å²) in [6.45, 7) is 5.97. The van der Waals surface area contributed by atoms with Crippen LogP contribution in [0.15, 0.2) is 0 Å². The summed E-state index contributed by atoms with van der Waals surface area (Å²) in [4.78, 5) is 13.4. The van der Waals surface area contributed by atoms with Crippen molar-refractivity contribution in [3.63, 3.8) is 0 Å². The van der Waals surface area contributed by atoms with Crippen LogP contribution in [0, 0.1) is 5.92 Å². The molecule has 2 atom stereocenters. The largest absolute Gasteiger partial charge is 0.340 e. The first kappa shape index (κ1) is 9.52. The lowest BCUT2D eigenvalue weighted by Crippen LogP contribution is -2.34. The van der Waals surface area contributed by atoms with Gasteiger partial charge in [-0.1, -0.05) is 0 Å². The van der Waals surface area contributed by atoms with E-state index < -0.39 is 0 Å². The lowest BCUT2D eigenvalue weighted by atomic mass is 10.0. The van der Waals surface area contributed by atoms with Gasteiger partial charge in [0.2, 0.25) is 5.91 Å². The zero-order valence-electron chi connectivity index (χ0n) is 8.13. The van der Waals surface area contributed by atoms with E-state index >= 15 is 0 Å². The number of carbonyl (C=O) groups excluding carboxylic acids is 1. The van der Waals surface area contributed by atoms with E-state index in [0.717, 1.165) is 19.5 Å². The molecule has 1 heterocycles. The summed E-state index contributed by atoms with van der Waals surface area (Å²) in [7, 11) is 1.94. The lowest BCUT2D eigenvalue weighted by Gasteiger charge is -2.22. The molecule has 0 aromatic heterocycles. The molecule has 2 unspecified atom stereocenters. The van der Waals surface area contributed by atoms with Gasteiger partial charge in [0, 0.05) is 31.5 Å². The van der Waals surface area contributed by atoms with E-state index in [1.807, 2.05) is 18.9 Å². The molecule has 1 rings (SSSR count). The first-order valence-electron chi connectivity index (χ1n) is 4.64. The summed E-state index contributed by atoms with van der Waals surface area (Å²) >= 11 is 0. The van der Waals surface area contributed by atoms with Crippen LogP contribution in [0.25, 0.3) is 0 Å². The van der Waals surface area contributed by atoms with Gasteiger partial charge < -0.3 is 10.2 Å². The molecule has 1 aliphatic heterocycles. The molecule has 0 radical (unpaired) electrons. The van der Waals surface area contributed by atoms with Crippen molar-refractivity contribution in [1.29, 1.82) is 0 Å². The Kier molecular flexibility index (Phi) is 3.09. The van der Waals surface area contributed by atoms with Gasteiger partial charge >= 0.3 is 0 Å². The molecule has 12 heavy (non-hydrogen) atoms. The zero-order valence-corrected chi connectivity index (χ0v) is 8.13.